The summed E-state index contributed by atoms with van der Waals surface area (Å²) in [4.78, 5) is 23.3. The zero-order valence-electron chi connectivity index (χ0n) is 41.2. The summed E-state index contributed by atoms with van der Waals surface area (Å²) in [6.07, 6.45) is 42.8. The van der Waals surface area contributed by atoms with Crippen molar-refractivity contribution in [2.75, 3.05) is 19.8 Å². The molecule has 1 aliphatic rings. The molecule has 6 unspecified atom stereocenters. The topological polar surface area (TPSA) is 192 Å². The highest BCUT2D eigenvalue weighted by Gasteiger charge is 2.51. The minimum atomic E-state index is -5.03. The fourth-order valence-electron chi connectivity index (χ4n) is 7.75. The first-order valence-corrected chi connectivity index (χ1v) is 27.6. The van der Waals surface area contributed by atoms with Crippen LogP contribution in [0.4, 0.5) is 0 Å². The molecule has 0 bridgehead atoms. The zero-order chi connectivity index (χ0) is 48.4. The molecule has 6 N–H and O–H groups in total. The summed E-state index contributed by atoms with van der Waals surface area (Å²) >= 11 is 0. The van der Waals surface area contributed by atoms with E-state index in [9.17, 15) is 39.8 Å². The van der Waals surface area contributed by atoms with Gasteiger partial charge in [-0.3, -0.25) is 13.8 Å². The summed E-state index contributed by atoms with van der Waals surface area (Å²) in [5.74, 6) is -0.484. The summed E-state index contributed by atoms with van der Waals surface area (Å²) < 4.78 is 34.3. The predicted octanol–water partition coefficient (Wildman–Crippen LogP) is 11.8. The Kier molecular flexibility index (Phi) is 40.5. The van der Waals surface area contributed by atoms with Gasteiger partial charge in [0.1, 0.15) is 42.7 Å². The van der Waals surface area contributed by atoms with Crippen molar-refractivity contribution in [1.82, 2.24) is 0 Å². The van der Waals surface area contributed by atoms with E-state index in [0.29, 0.717) is 13.0 Å². The molecule has 0 heterocycles. The van der Waals surface area contributed by atoms with Gasteiger partial charge in [0.15, 0.2) is 0 Å². The average Bonchev–Trinajstić information content (AvgIpc) is 3.30. The van der Waals surface area contributed by atoms with Crippen molar-refractivity contribution in [1.29, 1.82) is 0 Å². The van der Waals surface area contributed by atoms with Crippen LogP contribution in [0.3, 0.4) is 0 Å². The van der Waals surface area contributed by atoms with Crippen LogP contribution in [0.1, 0.15) is 206 Å². The smallest absolute Gasteiger partial charge is 0.457 e. The molecule has 6 atom stereocenters. The predicted molar refractivity (Wildman–Crippen MR) is 267 cm³/mol. The number of esters is 1. The molecule has 0 aromatic rings. The molecule has 0 aromatic heterocycles. The van der Waals surface area contributed by atoms with Gasteiger partial charge in [-0.2, -0.15) is 0 Å². The SMILES string of the molecule is CC/C=C\C/C=C\C/C=C\C/C=C\CCCCCCCCCCCCC(=O)OC(COCCCCCCCC/C=C\CCCCCCCC)COP(=O)(O)OC1C(O)C(O)C(O)C(O)C1O. The summed E-state index contributed by atoms with van der Waals surface area (Å²) in [6, 6.07) is 0. The Morgan fingerprint density at radius 2 is 0.894 bits per heavy atom. The lowest BCUT2D eigenvalue weighted by molar-refractivity contribution is -0.220. The minimum absolute atomic E-state index is 0.0838. The molecule has 0 radical (unpaired) electrons. The number of phosphoric ester groups is 1. The van der Waals surface area contributed by atoms with Crippen molar-refractivity contribution in [2.24, 2.45) is 0 Å². The van der Waals surface area contributed by atoms with Gasteiger partial charge in [-0.15, -0.1) is 0 Å². The fraction of sp³-hybridized carbons (Fsp3) is 0.792. The first-order chi connectivity index (χ1) is 32.0. The Morgan fingerprint density at radius 3 is 1.38 bits per heavy atom. The average molecular weight is 955 g/mol. The molecule has 12 nitrogen and oxygen atoms in total. The van der Waals surface area contributed by atoms with Crippen molar-refractivity contribution in [3.05, 3.63) is 60.8 Å². The van der Waals surface area contributed by atoms with Gasteiger partial charge < -0.3 is 39.9 Å². The number of rotatable bonds is 44. The summed E-state index contributed by atoms with van der Waals surface area (Å²) in [5.41, 5.74) is 0. The number of carbonyl (C=O) groups is 1. The van der Waals surface area contributed by atoms with Gasteiger partial charge in [-0.1, -0.05) is 184 Å². The van der Waals surface area contributed by atoms with E-state index in [1.54, 1.807) is 0 Å². The first-order valence-electron chi connectivity index (χ1n) is 26.1. The van der Waals surface area contributed by atoms with Crippen LogP contribution >= 0.6 is 7.82 Å². The molecule has 0 aliphatic heterocycles. The maximum atomic E-state index is 12.9. The third kappa shape index (κ3) is 34.3. The van der Waals surface area contributed by atoms with Crippen molar-refractivity contribution >= 4 is 13.8 Å². The van der Waals surface area contributed by atoms with E-state index in [-0.39, 0.29) is 13.0 Å². The van der Waals surface area contributed by atoms with Gasteiger partial charge in [-0.25, -0.2) is 4.57 Å². The molecule has 1 fully saturated rings. The van der Waals surface area contributed by atoms with E-state index in [1.807, 2.05) is 0 Å². The molecule has 1 rings (SSSR count). The lowest BCUT2D eigenvalue weighted by Crippen LogP contribution is -2.64. The highest BCUT2D eigenvalue weighted by Crippen LogP contribution is 2.47. The van der Waals surface area contributed by atoms with E-state index in [2.05, 4.69) is 74.6 Å². The van der Waals surface area contributed by atoms with Gasteiger partial charge in [-0.05, 0) is 77.0 Å². The third-order valence-corrected chi connectivity index (χ3v) is 12.9. The normalized spacial score (nSPS) is 21.9. The molecule has 66 heavy (non-hydrogen) atoms. The Bertz CT molecular complexity index is 1320. The Morgan fingerprint density at radius 1 is 0.500 bits per heavy atom. The maximum absolute atomic E-state index is 12.9. The molecule has 0 saturated heterocycles. The molecule has 0 amide bonds. The van der Waals surface area contributed by atoms with Crippen LogP contribution in [0, 0.1) is 0 Å². The second-order valence-electron chi connectivity index (χ2n) is 18.0. The Hall–Kier alpha value is -1.96. The minimum Gasteiger partial charge on any atom is -0.457 e. The van der Waals surface area contributed by atoms with Crippen molar-refractivity contribution in [3.63, 3.8) is 0 Å². The molecule has 1 saturated carbocycles. The largest absolute Gasteiger partial charge is 0.472 e. The van der Waals surface area contributed by atoms with Gasteiger partial charge in [0, 0.05) is 13.0 Å². The molecular weight excluding hydrogens is 860 g/mol. The number of ether oxygens (including phenoxy) is 2. The number of aliphatic hydroxyl groups excluding tert-OH is 5. The number of phosphoric acid groups is 1. The van der Waals surface area contributed by atoms with Crippen molar-refractivity contribution < 1.29 is 58.3 Å². The van der Waals surface area contributed by atoms with E-state index in [0.717, 1.165) is 83.5 Å². The molecule has 1 aliphatic carbocycles. The number of hydrogen-bond donors (Lipinski definition) is 6. The van der Waals surface area contributed by atoms with Crippen LogP contribution in [-0.4, -0.2) is 98.9 Å². The Balaban J connectivity index is 2.33. The lowest BCUT2D eigenvalue weighted by atomic mass is 9.85. The highest BCUT2D eigenvalue weighted by molar-refractivity contribution is 7.47. The van der Waals surface area contributed by atoms with Gasteiger partial charge >= 0.3 is 13.8 Å². The molecule has 0 spiro atoms. The lowest BCUT2D eigenvalue weighted by Gasteiger charge is -2.41. The number of hydrogen-bond acceptors (Lipinski definition) is 11. The van der Waals surface area contributed by atoms with Crippen LogP contribution in [-0.2, 0) is 27.9 Å². The molecular formula is C53H95O12P. The standard InChI is InChI=1S/C53H95O12P/c1-3-5-7-9-11-13-15-17-19-21-22-23-24-25-26-27-28-30-32-34-36-38-40-42-47(54)64-46(45-63-66(60,61)65-53-51(58)49(56)48(55)50(57)52(53)59)44-62-43-41-39-37-35-33-31-29-20-18-16-14-12-10-8-6-4-2/h5,7,11,13,17-20,22-23,46,48-53,55-59H,3-4,6,8-10,12,14-16,21,24-45H2,1-2H3,(H,60,61)/b7-5-,13-11-,19-17-,20-18-,23-22-. The van der Waals surface area contributed by atoms with E-state index in [4.69, 9.17) is 18.5 Å². The Labute approximate surface area is 400 Å². The number of aliphatic hydroxyl groups is 5. The summed E-state index contributed by atoms with van der Waals surface area (Å²) in [6.45, 7) is 4.14. The van der Waals surface area contributed by atoms with Crippen molar-refractivity contribution in [2.45, 2.75) is 249 Å². The zero-order valence-corrected chi connectivity index (χ0v) is 42.1. The third-order valence-electron chi connectivity index (χ3n) is 11.9. The van der Waals surface area contributed by atoms with E-state index in [1.165, 1.54) is 96.3 Å². The van der Waals surface area contributed by atoms with Crippen molar-refractivity contribution in [3.8, 4) is 0 Å². The first kappa shape index (κ1) is 62.1. The molecule has 0 aromatic carbocycles. The van der Waals surface area contributed by atoms with E-state index < -0.39 is 63.1 Å². The maximum Gasteiger partial charge on any atom is 0.472 e. The summed E-state index contributed by atoms with van der Waals surface area (Å²) in [5, 5.41) is 50.3. The van der Waals surface area contributed by atoms with Gasteiger partial charge in [0.25, 0.3) is 0 Å². The number of unbranched alkanes of at least 4 members (excludes halogenated alkanes) is 22. The highest BCUT2D eigenvalue weighted by atomic mass is 31.2. The number of carbonyl (C=O) groups excluding carboxylic acids is 1. The number of allylic oxidation sites excluding steroid dienone is 10. The summed E-state index contributed by atoms with van der Waals surface area (Å²) in [7, 11) is -5.03. The van der Waals surface area contributed by atoms with Crippen LogP contribution in [0.15, 0.2) is 60.8 Å². The molecule has 13 heteroatoms. The van der Waals surface area contributed by atoms with Crippen LogP contribution in [0.5, 0.6) is 0 Å². The molecule has 384 valence electrons. The van der Waals surface area contributed by atoms with E-state index >= 15 is 0 Å². The second-order valence-corrected chi connectivity index (χ2v) is 19.4. The van der Waals surface area contributed by atoms with Crippen LogP contribution in [0.2, 0.25) is 0 Å². The fourth-order valence-corrected chi connectivity index (χ4v) is 8.73. The monoisotopic (exact) mass is 955 g/mol. The second kappa shape index (κ2) is 43.1. The van der Waals surface area contributed by atoms with Gasteiger partial charge in [0.05, 0.1) is 13.2 Å². The quantitative estimate of drug-likeness (QED) is 0.0147. The van der Waals surface area contributed by atoms with Crippen LogP contribution in [0.25, 0.3) is 0 Å². The van der Waals surface area contributed by atoms with Gasteiger partial charge in [0.2, 0.25) is 0 Å². The van der Waals surface area contributed by atoms with Crippen LogP contribution < -0.4 is 0 Å².